The monoisotopic (exact) mass is 456 g/mol. The lowest BCUT2D eigenvalue weighted by atomic mass is 9.85. The topological polar surface area (TPSA) is 96.8 Å². The fraction of sp³-hybridized carbons (Fsp3) is 0.222. The number of rotatable bonds is 4. The summed E-state index contributed by atoms with van der Waals surface area (Å²) in [5.41, 5.74) is 2.17. The van der Waals surface area contributed by atoms with Crippen molar-refractivity contribution in [2.75, 3.05) is 4.90 Å². The van der Waals surface area contributed by atoms with Gasteiger partial charge in [-0.1, -0.05) is 68.4 Å². The van der Waals surface area contributed by atoms with E-state index < -0.39 is 23.5 Å². The van der Waals surface area contributed by atoms with Gasteiger partial charge in [0.1, 0.15) is 11.3 Å². The summed E-state index contributed by atoms with van der Waals surface area (Å²) in [7, 11) is 0. The molecule has 5 rings (SSSR count). The lowest BCUT2D eigenvalue weighted by Crippen LogP contribution is -2.31. The molecule has 7 nitrogen and oxygen atoms in total. The number of Topliss-reactive ketones (excluding diaryl/α,β-unsaturated/α-hetero) is 1. The third-order valence-electron chi connectivity index (χ3n) is 6.06. The number of furan rings is 1. The number of amides is 1. The molecule has 0 spiro atoms. The van der Waals surface area contributed by atoms with Gasteiger partial charge in [-0.2, -0.15) is 0 Å². The molecule has 0 saturated heterocycles. The molecule has 0 saturated carbocycles. The smallest absolute Gasteiger partial charge is 0.295 e. The summed E-state index contributed by atoms with van der Waals surface area (Å²) in [6.45, 7) is 8.02. The zero-order valence-electron chi connectivity index (χ0n) is 19.3. The second-order valence-corrected chi connectivity index (χ2v) is 9.49. The highest BCUT2D eigenvalue weighted by Crippen LogP contribution is 2.42. The number of para-hydroxylation sites is 1. The predicted octanol–water partition coefficient (Wildman–Crippen LogP) is 5.81. The number of aryl methyl sites for hydroxylation is 1. The maximum absolute atomic E-state index is 13.6. The number of carbonyl (C=O) groups excluding carboxylic acids is 2. The third kappa shape index (κ3) is 3.50. The summed E-state index contributed by atoms with van der Waals surface area (Å²) >= 11 is 0. The fourth-order valence-corrected chi connectivity index (χ4v) is 4.25. The summed E-state index contributed by atoms with van der Waals surface area (Å²) in [6.07, 6.45) is 0. The van der Waals surface area contributed by atoms with Crippen molar-refractivity contribution in [3.05, 3.63) is 94.6 Å². The maximum Gasteiger partial charge on any atom is 0.295 e. The normalized spacial score (nSPS) is 16.6. The van der Waals surface area contributed by atoms with Crippen LogP contribution in [0.2, 0.25) is 0 Å². The summed E-state index contributed by atoms with van der Waals surface area (Å²) in [6, 6.07) is 17.2. The molecular formula is C27H24N2O5. The van der Waals surface area contributed by atoms with Crippen molar-refractivity contribution in [1.82, 2.24) is 5.16 Å². The summed E-state index contributed by atoms with van der Waals surface area (Å²) < 4.78 is 10.9. The molecule has 1 unspecified atom stereocenters. The van der Waals surface area contributed by atoms with Gasteiger partial charge in [0.2, 0.25) is 5.78 Å². The van der Waals surface area contributed by atoms with Crippen molar-refractivity contribution in [2.45, 2.75) is 39.2 Å². The Bertz CT molecular complexity index is 1420. The fourth-order valence-electron chi connectivity index (χ4n) is 4.25. The Hall–Kier alpha value is -4.13. The van der Waals surface area contributed by atoms with Gasteiger partial charge in [-0.15, -0.1) is 0 Å². The van der Waals surface area contributed by atoms with E-state index in [-0.39, 0.29) is 22.6 Å². The Morgan fingerprint density at radius 2 is 1.76 bits per heavy atom. The zero-order valence-corrected chi connectivity index (χ0v) is 19.3. The number of carbonyl (C=O) groups is 2. The molecule has 2 aromatic carbocycles. The van der Waals surface area contributed by atoms with Crippen molar-refractivity contribution < 1.29 is 23.6 Å². The van der Waals surface area contributed by atoms with Crippen LogP contribution >= 0.6 is 0 Å². The van der Waals surface area contributed by atoms with Crippen LogP contribution in [0.1, 0.15) is 54.3 Å². The molecule has 172 valence electrons. The molecule has 0 radical (unpaired) electrons. The number of aliphatic hydroxyl groups is 1. The van der Waals surface area contributed by atoms with Crippen LogP contribution < -0.4 is 4.90 Å². The minimum Gasteiger partial charge on any atom is -0.503 e. The van der Waals surface area contributed by atoms with Gasteiger partial charge in [-0.3, -0.25) is 14.5 Å². The Labute approximate surface area is 196 Å². The van der Waals surface area contributed by atoms with Crippen LogP contribution in [0.15, 0.2) is 80.9 Å². The first-order chi connectivity index (χ1) is 16.1. The quantitative estimate of drug-likeness (QED) is 0.389. The lowest BCUT2D eigenvalue weighted by Gasteiger charge is -2.25. The molecule has 34 heavy (non-hydrogen) atoms. The molecule has 2 aromatic heterocycles. The van der Waals surface area contributed by atoms with Gasteiger partial charge < -0.3 is 14.0 Å². The molecule has 1 amide bonds. The van der Waals surface area contributed by atoms with Crippen molar-refractivity contribution in [3.63, 3.8) is 0 Å². The average molecular weight is 456 g/mol. The van der Waals surface area contributed by atoms with Crippen molar-refractivity contribution in [1.29, 1.82) is 0 Å². The lowest BCUT2D eigenvalue weighted by molar-refractivity contribution is -0.117. The van der Waals surface area contributed by atoms with Gasteiger partial charge in [0.15, 0.2) is 17.3 Å². The van der Waals surface area contributed by atoms with E-state index in [0.717, 1.165) is 10.9 Å². The number of fused-ring (bicyclic) bond motifs is 1. The maximum atomic E-state index is 13.6. The number of hydrogen-bond acceptors (Lipinski definition) is 6. The van der Waals surface area contributed by atoms with E-state index in [1.54, 1.807) is 25.1 Å². The van der Waals surface area contributed by atoms with Crippen LogP contribution in [0.4, 0.5) is 5.82 Å². The highest BCUT2D eigenvalue weighted by atomic mass is 16.5. The number of anilines is 1. The molecule has 0 aliphatic carbocycles. The van der Waals surface area contributed by atoms with Gasteiger partial charge in [0, 0.05) is 11.5 Å². The van der Waals surface area contributed by atoms with E-state index in [2.05, 4.69) is 25.9 Å². The van der Waals surface area contributed by atoms with Gasteiger partial charge >= 0.3 is 0 Å². The summed E-state index contributed by atoms with van der Waals surface area (Å²) in [5.74, 6) is -1.15. The Balaban J connectivity index is 1.64. The first-order valence-electron chi connectivity index (χ1n) is 11.0. The minimum absolute atomic E-state index is 0.0463. The molecule has 7 heteroatoms. The van der Waals surface area contributed by atoms with E-state index in [9.17, 15) is 14.7 Å². The Kier molecular flexibility index (Phi) is 4.93. The molecule has 1 N–H and O–H groups in total. The van der Waals surface area contributed by atoms with E-state index >= 15 is 0 Å². The number of aliphatic hydroxyl groups excluding tert-OH is 1. The van der Waals surface area contributed by atoms with Gasteiger partial charge in [0.25, 0.3) is 5.91 Å². The van der Waals surface area contributed by atoms with Crippen LogP contribution in [0, 0.1) is 6.92 Å². The predicted molar refractivity (Wildman–Crippen MR) is 127 cm³/mol. The number of benzene rings is 2. The largest absolute Gasteiger partial charge is 0.503 e. The summed E-state index contributed by atoms with van der Waals surface area (Å²) in [5, 5.41) is 15.6. The molecule has 1 aliphatic heterocycles. The van der Waals surface area contributed by atoms with Crippen molar-refractivity contribution >= 4 is 28.5 Å². The second-order valence-electron chi connectivity index (χ2n) is 9.49. The highest BCUT2D eigenvalue weighted by molar-refractivity contribution is 6.20. The standard InChI is InChI=1S/C27H24N2O5/c1-15-13-21(28-34-15)29-23(16-9-11-18(12-10-16)27(2,3)4)22(25(31)26(29)32)24(30)20-14-17-7-5-6-8-19(17)33-20/h5-14,23,31H,1-4H3. The van der Waals surface area contributed by atoms with Gasteiger partial charge in [-0.05, 0) is 35.6 Å². The molecule has 1 atom stereocenters. The van der Waals surface area contributed by atoms with E-state index in [0.29, 0.717) is 16.9 Å². The third-order valence-corrected chi connectivity index (χ3v) is 6.06. The molecule has 1 aliphatic rings. The van der Waals surface area contributed by atoms with E-state index in [1.165, 1.54) is 4.90 Å². The van der Waals surface area contributed by atoms with Crippen LogP contribution in [0.25, 0.3) is 11.0 Å². The number of hydrogen-bond donors (Lipinski definition) is 1. The molecular weight excluding hydrogens is 432 g/mol. The van der Waals surface area contributed by atoms with Crippen molar-refractivity contribution in [2.24, 2.45) is 0 Å². The first-order valence-corrected chi connectivity index (χ1v) is 11.0. The van der Waals surface area contributed by atoms with Gasteiger partial charge in [0.05, 0.1) is 11.6 Å². The average Bonchev–Trinajstić information content (AvgIpc) is 3.49. The minimum atomic E-state index is -0.897. The van der Waals surface area contributed by atoms with E-state index in [1.807, 2.05) is 42.5 Å². The van der Waals surface area contributed by atoms with Crippen molar-refractivity contribution in [3.8, 4) is 0 Å². The highest BCUT2D eigenvalue weighted by Gasteiger charge is 2.46. The Morgan fingerprint density at radius 1 is 1.06 bits per heavy atom. The first kappa shape index (κ1) is 21.7. The zero-order chi connectivity index (χ0) is 24.2. The number of ketones is 1. The number of aromatic nitrogens is 1. The number of nitrogens with zero attached hydrogens (tertiary/aromatic N) is 2. The van der Waals surface area contributed by atoms with Gasteiger partial charge in [-0.25, -0.2) is 0 Å². The van der Waals surface area contributed by atoms with Crippen LogP contribution in [-0.4, -0.2) is 22.0 Å². The second kappa shape index (κ2) is 7.73. The van der Waals surface area contributed by atoms with E-state index in [4.69, 9.17) is 8.94 Å². The SMILES string of the molecule is Cc1cc(N2C(=O)C(O)=C(C(=O)c3cc4ccccc4o3)C2c2ccc(C(C)(C)C)cc2)no1. The summed E-state index contributed by atoms with van der Waals surface area (Å²) in [4.78, 5) is 28.1. The molecule has 0 bridgehead atoms. The molecule has 0 fully saturated rings. The van der Waals surface area contributed by atoms with Crippen LogP contribution in [0.5, 0.6) is 0 Å². The van der Waals surface area contributed by atoms with Crippen LogP contribution in [0.3, 0.4) is 0 Å². The Morgan fingerprint density at radius 3 is 2.38 bits per heavy atom. The van der Waals surface area contributed by atoms with Crippen LogP contribution in [-0.2, 0) is 10.2 Å². The molecule has 4 aromatic rings. The molecule has 3 heterocycles.